The normalized spacial score (nSPS) is 10.7. The summed E-state index contributed by atoms with van der Waals surface area (Å²) < 4.78 is 18.2. The van der Waals surface area contributed by atoms with Gasteiger partial charge in [0.15, 0.2) is 0 Å². The fourth-order valence-corrected chi connectivity index (χ4v) is 2.37. The second kappa shape index (κ2) is 5.73. The zero-order valence-electron chi connectivity index (χ0n) is 11.6. The molecule has 1 aromatic heterocycles. The van der Waals surface area contributed by atoms with Gasteiger partial charge in [0.25, 0.3) is 0 Å². The number of esters is 1. The monoisotopic (exact) mass is 315 g/mol. The molecule has 3 aromatic rings. The number of methoxy groups -OCH3 is 1. The van der Waals surface area contributed by atoms with Gasteiger partial charge in [0, 0.05) is 16.0 Å². The molecule has 0 amide bonds. The van der Waals surface area contributed by atoms with E-state index in [1.54, 1.807) is 30.3 Å². The number of fused-ring (bicyclic) bond motifs is 1. The van der Waals surface area contributed by atoms with Crippen molar-refractivity contribution in [2.24, 2.45) is 0 Å². The van der Waals surface area contributed by atoms with Crippen LogP contribution in [0.25, 0.3) is 22.2 Å². The zero-order chi connectivity index (χ0) is 15.7. The maximum Gasteiger partial charge on any atom is 0.338 e. The van der Waals surface area contributed by atoms with E-state index in [2.05, 4.69) is 4.98 Å². The Morgan fingerprint density at radius 3 is 2.55 bits per heavy atom. The van der Waals surface area contributed by atoms with Crippen LogP contribution in [0.5, 0.6) is 0 Å². The van der Waals surface area contributed by atoms with Crippen molar-refractivity contribution in [2.75, 3.05) is 7.11 Å². The summed E-state index contributed by atoms with van der Waals surface area (Å²) in [5.41, 5.74) is 2.20. The van der Waals surface area contributed by atoms with Crippen molar-refractivity contribution >= 4 is 28.5 Å². The van der Waals surface area contributed by atoms with Gasteiger partial charge in [-0.2, -0.15) is 0 Å². The van der Waals surface area contributed by atoms with E-state index >= 15 is 0 Å². The van der Waals surface area contributed by atoms with Gasteiger partial charge in [-0.1, -0.05) is 23.7 Å². The number of hydrogen-bond donors (Lipinski definition) is 0. The van der Waals surface area contributed by atoms with Crippen LogP contribution in [-0.2, 0) is 4.74 Å². The lowest BCUT2D eigenvalue weighted by molar-refractivity contribution is 0.0603. The summed E-state index contributed by atoms with van der Waals surface area (Å²) in [5, 5.41) is 1.03. The van der Waals surface area contributed by atoms with Crippen LogP contribution in [0.1, 0.15) is 10.4 Å². The van der Waals surface area contributed by atoms with Gasteiger partial charge in [0.1, 0.15) is 5.82 Å². The molecule has 5 heteroatoms. The Kier molecular flexibility index (Phi) is 3.77. The number of halogens is 2. The molecule has 0 saturated heterocycles. The van der Waals surface area contributed by atoms with Crippen LogP contribution in [-0.4, -0.2) is 18.1 Å². The highest BCUT2D eigenvalue weighted by Crippen LogP contribution is 2.26. The molecule has 0 aliphatic rings. The van der Waals surface area contributed by atoms with Crippen molar-refractivity contribution in [1.29, 1.82) is 0 Å². The van der Waals surface area contributed by atoms with Crippen LogP contribution in [0.15, 0.2) is 48.5 Å². The molecule has 0 N–H and O–H groups in total. The summed E-state index contributed by atoms with van der Waals surface area (Å²) in [7, 11) is 1.29. The van der Waals surface area contributed by atoms with E-state index in [1.165, 1.54) is 25.3 Å². The zero-order valence-corrected chi connectivity index (χ0v) is 12.4. The molecular formula is C17H11ClFNO2. The van der Waals surface area contributed by atoms with Crippen molar-refractivity contribution in [3.63, 3.8) is 0 Å². The molecule has 2 aromatic carbocycles. The summed E-state index contributed by atoms with van der Waals surface area (Å²) in [6.07, 6.45) is 0. The minimum absolute atomic E-state index is 0.275. The van der Waals surface area contributed by atoms with Crippen LogP contribution < -0.4 is 0 Å². The summed E-state index contributed by atoms with van der Waals surface area (Å²) in [4.78, 5) is 16.5. The van der Waals surface area contributed by atoms with Gasteiger partial charge in [-0.3, -0.25) is 0 Å². The standard InChI is InChI=1S/C17H11ClFNO2/c1-22-17(21)14-9-16(10-2-4-11(18)5-3-10)20-15-7-6-12(19)8-13(14)15/h2-9H,1H3. The van der Waals surface area contributed by atoms with E-state index in [1.807, 2.05) is 0 Å². The molecule has 0 spiro atoms. The number of carbonyl (C=O) groups excluding carboxylic acids is 1. The largest absolute Gasteiger partial charge is 0.465 e. The SMILES string of the molecule is COC(=O)c1cc(-c2ccc(Cl)cc2)nc2ccc(F)cc12. The Morgan fingerprint density at radius 1 is 1.14 bits per heavy atom. The smallest absolute Gasteiger partial charge is 0.338 e. The van der Waals surface area contributed by atoms with Gasteiger partial charge in [-0.15, -0.1) is 0 Å². The lowest BCUT2D eigenvalue weighted by atomic mass is 10.0. The molecule has 0 aliphatic carbocycles. The first kappa shape index (κ1) is 14.5. The third-order valence-corrected chi connectivity index (χ3v) is 3.57. The maximum atomic E-state index is 13.5. The van der Waals surface area contributed by atoms with Gasteiger partial charge in [0.2, 0.25) is 0 Å². The fraction of sp³-hybridized carbons (Fsp3) is 0.0588. The second-order valence-electron chi connectivity index (χ2n) is 4.72. The van der Waals surface area contributed by atoms with Crippen LogP contribution in [0.4, 0.5) is 4.39 Å². The average molecular weight is 316 g/mol. The number of rotatable bonds is 2. The van der Waals surface area contributed by atoms with Gasteiger partial charge < -0.3 is 4.74 Å². The number of pyridine rings is 1. The van der Waals surface area contributed by atoms with Gasteiger partial charge in [-0.05, 0) is 36.4 Å². The molecule has 0 fully saturated rings. The Balaban J connectivity index is 2.26. The van der Waals surface area contributed by atoms with Crippen LogP contribution in [0.2, 0.25) is 5.02 Å². The highest BCUT2D eigenvalue weighted by atomic mass is 35.5. The maximum absolute atomic E-state index is 13.5. The first-order valence-corrected chi connectivity index (χ1v) is 6.91. The van der Waals surface area contributed by atoms with Gasteiger partial charge in [-0.25, -0.2) is 14.2 Å². The first-order chi connectivity index (χ1) is 10.6. The Bertz CT molecular complexity index is 862. The summed E-state index contributed by atoms with van der Waals surface area (Å²) in [5.74, 6) is -0.966. The van der Waals surface area contributed by atoms with Crippen LogP contribution in [0, 0.1) is 5.82 Å². The van der Waals surface area contributed by atoms with Gasteiger partial charge in [0.05, 0.1) is 23.9 Å². The predicted octanol–water partition coefficient (Wildman–Crippen LogP) is 4.48. The first-order valence-electron chi connectivity index (χ1n) is 6.53. The molecular weight excluding hydrogens is 305 g/mol. The third kappa shape index (κ3) is 2.65. The van der Waals surface area contributed by atoms with Gasteiger partial charge >= 0.3 is 5.97 Å². The lowest BCUT2D eigenvalue weighted by Crippen LogP contribution is -2.04. The van der Waals surface area contributed by atoms with Crippen LogP contribution in [0.3, 0.4) is 0 Å². The molecule has 3 rings (SSSR count). The fourth-order valence-electron chi connectivity index (χ4n) is 2.25. The quantitative estimate of drug-likeness (QED) is 0.654. The van der Waals surface area contributed by atoms with E-state index in [0.29, 0.717) is 21.6 Å². The number of aromatic nitrogens is 1. The lowest BCUT2D eigenvalue weighted by Gasteiger charge is -2.09. The Labute approximate surface area is 131 Å². The highest BCUT2D eigenvalue weighted by Gasteiger charge is 2.15. The van der Waals surface area contributed by atoms with Crippen molar-refractivity contribution < 1.29 is 13.9 Å². The molecule has 0 radical (unpaired) electrons. The molecule has 1 heterocycles. The average Bonchev–Trinajstić information content (AvgIpc) is 2.54. The molecule has 0 bridgehead atoms. The number of benzene rings is 2. The molecule has 0 saturated carbocycles. The molecule has 110 valence electrons. The van der Waals surface area contributed by atoms with Crippen molar-refractivity contribution in [3.8, 4) is 11.3 Å². The molecule has 0 aliphatic heterocycles. The Morgan fingerprint density at radius 2 is 1.86 bits per heavy atom. The highest BCUT2D eigenvalue weighted by molar-refractivity contribution is 6.30. The van der Waals surface area contributed by atoms with E-state index in [9.17, 15) is 9.18 Å². The number of carbonyl (C=O) groups is 1. The number of ether oxygens (including phenoxy) is 1. The summed E-state index contributed by atoms with van der Waals surface area (Å²) >= 11 is 5.88. The minimum atomic E-state index is -0.534. The summed E-state index contributed by atoms with van der Waals surface area (Å²) in [6.45, 7) is 0. The third-order valence-electron chi connectivity index (χ3n) is 3.32. The molecule has 0 atom stereocenters. The van der Waals surface area contributed by atoms with Crippen molar-refractivity contribution in [1.82, 2.24) is 4.98 Å². The topological polar surface area (TPSA) is 39.2 Å². The summed E-state index contributed by atoms with van der Waals surface area (Å²) in [6, 6.07) is 12.8. The van der Waals surface area contributed by atoms with E-state index in [4.69, 9.17) is 16.3 Å². The van der Waals surface area contributed by atoms with Crippen molar-refractivity contribution in [3.05, 3.63) is 64.9 Å². The Hall–Kier alpha value is -2.46. The van der Waals surface area contributed by atoms with E-state index < -0.39 is 11.8 Å². The molecule has 3 nitrogen and oxygen atoms in total. The minimum Gasteiger partial charge on any atom is -0.465 e. The van der Waals surface area contributed by atoms with E-state index in [-0.39, 0.29) is 5.56 Å². The van der Waals surface area contributed by atoms with E-state index in [0.717, 1.165) is 5.56 Å². The number of nitrogens with zero attached hydrogens (tertiary/aromatic N) is 1. The number of hydrogen-bond acceptors (Lipinski definition) is 3. The molecule has 22 heavy (non-hydrogen) atoms. The predicted molar refractivity (Wildman–Crippen MR) is 83.5 cm³/mol. The van der Waals surface area contributed by atoms with Crippen molar-refractivity contribution in [2.45, 2.75) is 0 Å². The molecule has 0 unspecified atom stereocenters. The van der Waals surface area contributed by atoms with Crippen LogP contribution >= 0.6 is 11.6 Å². The second-order valence-corrected chi connectivity index (χ2v) is 5.15.